The largest absolute Gasteiger partial charge is 0.383 e. The van der Waals surface area contributed by atoms with Gasteiger partial charge in [0.25, 0.3) is 0 Å². The summed E-state index contributed by atoms with van der Waals surface area (Å²) in [5, 5.41) is 0. The topological polar surface area (TPSA) is 55.6 Å². The molecule has 1 aliphatic carbocycles. The Morgan fingerprint density at radius 2 is 2.00 bits per heavy atom. The highest BCUT2D eigenvalue weighted by Gasteiger charge is 2.40. The molecule has 0 heterocycles. The van der Waals surface area contributed by atoms with E-state index in [4.69, 9.17) is 10.5 Å². The molecule has 4 heteroatoms. The molecule has 0 aliphatic heterocycles. The summed E-state index contributed by atoms with van der Waals surface area (Å²) in [6, 6.07) is 0. The van der Waals surface area contributed by atoms with Crippen LogP contribution < -0.4 is 5.73 Å². The first kappa shape index (κ1) is 14.5. The van der Waals surface area contributed by atoms with Crippen LogP contribution in [0.25, 0.3) is 0 Å². The van der Waals surface area contributed by atoms with Gasteiger partial charge in [0.05, 0.1) is 12.0 Å². The molecule has 17 heavy (non-hydrogen) atoms. The maximum atomic E-state index is 12.6. The third-order valence-electron chi connectivity index (χ3n) is 3.89. The second kappa shape index (κ2) is 6.97. The van der Waals surface area contributed by atoms with E-state index >= 15 is 0 Å². The summed E-state index contributed by atoms with van der Waals surface area (Å²) in [6.45, 7) is 4.51. The van der Waals surface area contributed by atoms with E-state index in [1.54, 1.807) is 7.11 Å². The molecule has 0 aromatic carbocycles. The third-order valence-corrected chi connectivity index (χ3v) is 3.89. The molecule has 1 amide bonds. The van der Waals surface area contributed by atoms with Crippen LogP contribution in [0, 0.1) is 5.41 Å². The predicted molar refractivity (Wildman–Crippen MR) is 68.7 cm³/mol. The van der Waals surface area contributed by atoms with Crippen LogP contribution in [0.5, 0.6) is 0 Å². The van der Waals surface area contributed by atoms with Crippen molar-refractivity contribution in [3.05, 3.63) is 0 Å². The van der Waals surface area contributed by atoms with Gasteiger partial charge in [0.1, 0.15) is 0 Å². The summed E-state index contributed by atoms with van der Waals surface area (Å²) in [5.74, 6) is 0.235. The van der Waals surface area contributed by atoms with Gasteiger partial charge in [-0.25, -0.2) is 0 Å². The minimum absolute atomic E-state index is 0.235. The molecule has 0 spiro atoms. The number of nitrogens with two attached hydrogens (primary N) is 1. The monoisotopic (exact) mass is 242 g/mol. The quantitative estimate of drug-likeness (QED) is 0.766. The van der Waals surface area contributed by atoms with Crippen molar-refractivity contribution >= 4 is 5.91 Å². The second-order valence-corrected chi connectivity index (χ2v) is 4.92. The maximum Gasteiger partial charge on any atom is 0.230 e. The first-order chi connectivity index (χ1) is 8.20. The summed E-state index contributed by atoms with van der Waals surface area (Å²) < 4.78 is 5.05. The first-order valence-electron chi connectivity index (χ1n) is 6.68. The number of carbonyl (C=O) groups excluding carboxylic acids is 1. The molecule has 0 atom stereocenters. The fourth-order valence-corrected chi connectivity index (χ4v) is 2.67. The van der Waals surface area contributed by atoms with Crippen LogP contribution in [0.4, 0.5) is 0 Å². The van der Waals surface area contributed by atoms with Gasteiger partial charge in [-0.05, 0) is 19.8 Å². The van der Waals surface area contributed by atoms with Crippen molar-refractivity contribution in [3.63, 3.8) is 0 Å². The number of rotatable bonds is 6. The highest BCUT2D eigenvalue weighted by molar-refractivity contribution is 5.83. The number of likely N-dealkylation sites (N-methyl/N-ethyl adjacent to an activating group) is 1. The molecule has 2 N–H and O–H groups in total. The third kappa shape index (κ3) is 3.42. The van der Waals surface area contributed by atoms with Crippen molar-refractivity contribution in [2.75, 3.05) is 33.4 Å². The normalized spacial score (nSPS) is 19.0. The molecule has 0 radical (unpaired) electrons. The number of hydrogen-bond acceptors (Lipinski definition) is 3. The van der Waals surface area contributed by atoms with Crippen molar-refractivity contribution in [2.45, 2.75) is 39.0 Å². The van der Waals surface area contributed by atoms with Gasteiger partial charge in [-0.3, -0.25) is 4.79 Å². The second-order valence-electron chi connectivity index (χ2n) is 4.92. The maximum absolute atomic E-state index is 12.6. The Morgan fingerprint density at radius 1 is 1.35 bits per heavy atom. The van der Waals surface area contributed by atoms with Gasteiger partial charge in [0, 0.05) is 26.7 Å². The highest BCUT2D eigenvalue weighted by Crippen LogP contribution is 2.37. The van der Waals surface area contributed by atoms with Crippen molar-refractivity contribution < 1.29 is 9.53 Å². The van der Waals surface area contributed by atoms with Crippen LogP contribution in [0.1, 0.15) is 39.0 Å². The number of methoxy groups -OCH3 is 1. The summed E-state index contributed by atoms with van der Waals surface area (Å²) in [5.41, 5.74) is 5.59. The molecule has 0 saturated heterocycles. The number of hydrogen-bond donors (Lipinski definition) is 1. The van der Waals surface area contributed by atoms with Crippen molar-refractivity contribution in [3.8, 4) is 0 Å². The molecule has 4 nitrogen and oxygen atoms in total. The summed E-state index contributed by atoms with van der Waals surface area (Å²) >= 11 is 0. The molecule has 0 bridgehead atoms. The van der Waals surface area contributed by atoms with Gasteiger partial charge >= 0.3 is 0 Å². The number of ether oxygens (including phenoxy) is 1. The summed E-state index contributed by atoms with van der Waals surface area (Å²) in [4.78, 5) is 14.5. The summed E-state index contributed by atoms with van der Waals surface area (Å²) in [6.07, 6.45) is 5.40. The molecular weight excluding hydrogens is 216 g/mol. The van der Waals surface area contributed by atoms with Crippen molar-refractivity contribution in [1.82, 2.24) is 4.90 Å². The fraction of sp³-hybridized carbons (Fsp3) is 0.923. The lowest BCUT2D eigenvalue weighted by atomic mass is 9.73. The average molecular weight is 242 g/mol. The molecule has 0 aromatic rings. The standard InChI is InChI=1S/C13H26N2O2/c1-3-15(9-10-17-2)12(16)13(11-14)7-5-4-6-8-13/h3-11,14H2,1-2H3. The lowest BCUT2D eigenvalue weighted by Gasteiger charge is -2.38. The lowest BCUT2D eigenvalue weighted by molar-refractivity contribution is -0.144. The van der Waals surface area contributed by atoms with E-state index < -0.39 is 0 Å². The van der Waals surface area contributed by atoms with Crippen LogP contribution in [-0.4, -0.2) is 44.2 Å². The Balaban J connectivity index is 2.68. The van der Waals surface area contributed by atoms with Crippen LogP contribution in [0.2, 0.25) is 0 Å². The molecule has 0 unspecified atom stereocenters. The highest BCUT2D eigenvalue weighted by atomic mass is 16.5. The molecule has 0 aromatic heterocycles. The Bertz CT molecular complexity index is 238. The van der Waals surface area contributed by atoms with E-state index in [2.05, 4.69) is 0 Å². The summed E-state index contributed by atoms with van der Waals surface area (Å²) in [7, 11) is 1.66. The number of amides is 1. The van der Waals surface area contributed by atoms with Gasteiger partial charge in [0.15, 0.2) is 0 Å². The molecule has 1 saturated carbocycles. The van der Waals surface area contributed by atoms with Crippen LogP contribution in [-0.2, 0) is 9.53 Å². The Hall–Kier alpha value is -0.610. The Kier molecular flexibility index (Phi) is 5.92. The molecule has 1 rings (SSSR count). The van der Waals surface area contributed by atoms with E-state index in [1.807, 2.05) is 11.8 Å². The molecule has 1 fully saturated rings. The fourth-order valence-electron chi connectivity index (χ4n) is 2.67. The van der Waals surface area contributed by atoms with Crippen LogP contribution >= 0.6 is 0 Å². The van der Waals surface area contributed by atoms with Gasteiger partial charge < -0.3 is 15.4 Å². The smallest absolute Gasteiger partial charge is 0.230 e. The SMILES string of the molecule is CCN(CCOC)C(=O)C1(CN)CCCCC1. The number of nitrogens with zero attached hydrogens (tertiary/aromatic N) is 1. The molecule has 1 aliphatic rings. The minimum Gasteiger partial charge on any atom is -0.383 e. The number of carbonyl (C=O) groups is 1. The van der Waals surface area contributed by atoms with E-state index in [0.29, 0.717) is 19.7 Å². The van der Waals surface area contributed by atoms with Gasteiger partial charge in [-0.2, -0.15) is 0 Å². The Labute approximate surface area is 104 Å². The van der Waals surface area contributed by atoms with E-state index in [0.717, 1.165) is 32.2 Å². The zero-order valence-electron chi connectivity index (χ0n) is 11.2. The molecular formula is C13H26N2O2. The average Bonchev–Trinajstić information content (AvgIpc) is 2.40. The Morgan fingerprint density at radius 3 is 2.47 bits per heavy atom. The van der Waals surface area contributed by atoms with Crippen molar-refractivity contribution in [2.24, 2.45) is 11.1 Å². The molecule has 100 valence electrons. The van der Waals surface area contributed by atoms with Gasteiger partial charge in [-0.15, -0.1) is 0 Å². The van der Waals surface area contributed by atoms with E-state index in [9.17, 15) is 4.79 Å². The van der Waals surface area contributed by atoms with Gasteiger partial charge in [0.2, 0.25) is 5.91 Å². The van der Waals surface area contributed by atoms with E-state index in [-0.39, 0.29) is 11.3 Å². The first-order valence-corrected chi connectivity index (χ1v) is 6.68. The zero-order valence-corrected chi connectivity index (χ0v) is 11.2. The lowest BCUT2D eigenvalue weighted by Crippen LogP contribution is -2.49. The predicted octanol–water partition coefficient (Wildman–Crippen LogP) is 1.39. The van der Waals surface area contributed by atoms with Crippen LogP contribution in [0.3, 0.4) is 0 Å². The minimum atomic E-state index is -0.290. The van der Waals surface area contributed by atoms with E-state index in [1.165, 1.54) is 6.42 Å². The van der Waals surface area contributed by atoms with Crippen molar-refractivity contribution in [1.29, 1.82) is 0 Å². The van der Waals surface area contributed by atoms with Crippen LogP contribution in [0.15, 0.2) is 0 Å². The zero-order chi connectivity index (χ0) is 12.7. The van der Waals surface area contributed by atoms with Gasteiger partial charge in [-0.1, -0.05) is 19.3 Å².